The van der Waals surface area contributed by atoms with Crippen LogP contribution in [0.4, 0.5) is 0 Å². The van der Waals surface area contributed by atoms with Crippen molar-refractivity contribution in [1.29, 1.82) is 0 Å². The van der Waals surface area contributed by atoms with Gasteiger partial charge in [0.05, 0.1) is 22.6 Å². The molecule has 0 radical (unpaired) electrons. The molecule has 1 heterocycles. The van der Waals surface area contributed by atoms with E-state index >= 15 is 0 Å². The lowest BCUT2D eigenvalue weighted by Gasteiger charge is -2.07. The van der Waals surface area contributed by atoms with Gasteiger partial charge in [-0.2, -0.15) is 0 Å². The number of furan rings is 1. The second kappa shape index (κ2) is 6.69. The molecule has 1 aromatic carbocycles. The van der Waals surface area contributed by atoms with Crippen LogP contribution in [0.15, 0.2) is 41.2 Å². The fourth-order valence-corrected chi connectivity index (χ4v) is 1.72. The second-order valence-corrected chi connectivity index (χ2v) is 4.55. The van der Waals surface area contributed by atoms with Crippen molar-refractivity contribution in [3.8, 4) is 5.75 Å². The molecule has 0 spiro atoms. The standard InChI is InChI=1S/C13H13Cl2NO2/c14-12-2-1-11(7-13(12)15)18-6-4-16-8-10-3-5-17-9-10/h1-3,5,7,9,16H,4,6,8H2. The Morgan fingerprint density at radius 1 is 1.17 bits per heavy atom. The molecule has 0 saturated carbocycles. The molecule has 3 nitrogen and oxygen atoms in total. The highest BCUT2D eigenvalue weighted by molar-refractivity contribution is 6.42. The smallest absolute Gasteiger partial charge is 0.120 e. The molecule has 0 aliphatic heterocycles. The van der Waals surface area contributed by atoms with Crippen LogP contribution < -0.4 is 10.1 Å². The van der Waals surface area contributed by atoms with Crippen LogP contribution in [0, 0.1) is 0 Å². The van der Waals surface area contributed by atoms with Gasteiger partial charge in [0.25, 0.3) is 0 Å². The predicted molar refractivity (Wildman–Crippen MR) is 72.4 cm³/mol. The van der Waals surface area contributed by atoms with Gasteiger partial charge in [0.1, 0.15) is 12.4 Å². The molecular formula is C13H13Cl2NO2. The SMILES string of the molecule is Clc1ccc(OCCNCc2ccoc2)cc1Cl. The molecule has 0 atom stereocenters. The maximum absolute atomic E-state index is 5.88. The summed E-state index contributed by atoms with van der Waals surface area (Å²) in [5.74, 6) is 0.717. The van der Waals surface area contributed by atoms with E-state index in [-0.39, 0.29) is 0 Å². The van der Waals surface area contributed by atoms with Gasteiger partial charge in [-0.1, -0.05) is 23.2 Å². The van der Waals surface area contributed by atoms with E-state index in [0.717, 1.165) is 24.4 Å². The molecular weight excluding hydrogens is 273 g/mol. The van der Waals surface area contributed by atoms with Crippen LogP contribution >= 0.6 is 23.2 Å². The number of rotatable bonds is 6. The van der Waals surface area contributed by atoms with E-state index in [2.05, 4.69) is 5.32 Å². The van der Waals surface area contributed by atoms with Gasteiger partial charge in [0.2, 0.25) is 0 Å². The Balaban J connectivity index is 1.67. The summed E-state index contributed by atoms with van der Waals surface area (Å²) in [6.45, 7) is 2.07. The summed E-state index contributed by atoms with van der Waals surface area (Å²) in [4.78, 5) is 0. The fourth-order valence-electron chi connectivity index (χ4n) is 1.43. The van der Waals surface area contributed by atoms with Crippen molar-refractivity contribution < 1.29 is 9.15 Å². The van der Waals surface area contributed by atoms with Gasteiger partial charge < -0.3 is 14.5 Å². The Morgan fingerprint density at radius 3 is 2.78 bits per heavy atom. The molecule has 0 amide bonds. The minimum Gasteiger partial charge on any atom is -0.492 e. The maximum Gasteiger partial charge on any atom is 0.120 e. The molecule has 0 unspecified atom stereocenters. The maximum atomic E-state index is 5.88. The van der Waals surface area contributed by atoms with Crippen LogP contribution in [0.2, 0.25) is 10.0 Å². The fraction of sp³-hybridized carbons (Fsp3) is 0.231. The molecule has 0 saturated heterocycles. The van der Waals surface area contributed by atoms with Crippen LogP contribution in [-0.4, -0.2) is 13.2 Å². The van der Waals surface area contributed by atoms with E-state index < -0.39 is 0 Å². The van der Waals surface area contributed by atoms with Crippen molar-refractivity contribution in [2.75, 3.05) is 13.2 Å². The number of hydrogen-bond donors (Lipinski definition) is 1. The molecule has 5 heteroatoms. The summed E-state index contributed by atoms with van der Waals surface area (Å²) in [7, 11) is 0. The third-order valence-electron chi connectivity index (χ3n) is 2.35. The van der Waals surface area contributed by atoms with Crippen molar-refractivity contribution in [2.24, 2.45) is 0 Å². The van der Waals surface area contributed by atoms with Gasteiger partial charge in [0, 0.05) is 24.7 Å². The highest BCUT2D eigenvalue weighted by atomic mass is 35.5. The van der Waals surface area contributed by atoms with Gasteiger partial charge in [0.15, 0.2) is 0 Å². The molecule has 2 aromatic rings. The van der Waals surface area contributed by atoms with Gasteiger partial charge in [-0.25, -0.2) is 0 Å². The van der Waals surface area contributed by atoms with E-state index in [1.807, 2.05) is 6.07 Å². The molecule has 1 aromatic heterocycles. The largest absolute Gasteiger partial charge is 0.492 e. The normalized spacial score (nSPS) is 10.6. The molecule has 0 aliphatic rings. The van der Waals surface area contributed by atoms with E-state index in [4.69, 9.17) is 32.4 Å². The predicted octanol–water partition coefficient (Wildman–Crippen LogP) is 3.76. The zero-order valence-electron chi connectivity index (χ0n) is 9.66. The lowest BCUT2D eigenvalue weighted by Crippen LogP contribution is -2.20. The zero-order chi connectivity index (χ0) is 12.8. The minimum atomic E-state index is 0.500. The number of benzene rings is 1. The molecule has 0 aliphatic carbocycles. The quantitative estimate of drug-likeness (QED) is 0.821. The Bertz CT molecular complexity index is 486. The highest BCUT2D eigenvalue weighted by Gasteiger charge is 2.00. The zero-order valence-corrected chi connectivity index (χ0v) is 11.2. The van der Waals surface area contributed by atoms with Crippen molar-refractivity contribution in [3.63, 3.8) is 0 Å². The Labute approximate surface area is 116 Å². The molecule has 18 heavy (non-hydrogen) atoms. The van der Waals surface area contributed by atoms with Gasteiger partial charge >= 0.3 is 0 Å². The second-order valence-electron chi connectivity index (χ2n) is 3.73. The Kier molecular flexibility index (Phi) is 4.93. The summed E-state index contributed by atoms with van der Waals surface area (Å²) in [6, 6.07) is 7.15. The van der Waals surface area contributed by atoms with Crippen molar-refractivity contribution in [2.45, 2.75) is 6.54 Å². The molecule has 0 bridgehead atoms. The minimum absolute atomic E-state index is 0.500. The van der Waals surface area contributed by atoms with E-state index in [9.17, 15) is 0 Å². The summed E-state index contributed by atoms with van der Waals surface area (Å²) >= 11 is 11.7. The summed E-state index contributed by atoms with van der Waals surface area (Å²) in [5, 5.41) is 4.27. The average Bonchev–Trinajstić information content (AvgIpc) is 2.86. The molecule has 1 N–H and O–H groups in total. The van der Waals surface area contributed by atoms with Crippen LogP contribution in [0.3, 0.4) is 0 Å². The van der Waals surface area contributed by atoms with Crippen LogP contribution in [0.5, 0.6) is 5.75 Å². The number of nitrogens with one attached hydrogen (secondary N) is 1. The van der Waals surface area contributed by atoms with E-state index in [1.54, 1.807) is 30.7 Å². The molecule has 96 valence electrons. The number of halogens is 2. The Hall–Kier alpha value is -1.16. The van der Waals surface area contributed by atoms with Gasteiger partial charge in [-0.05, 0) is 18.2 Å². The topological polar surface area (TPSA) is 34.4 Å². The summed E-state index contributed by atoms with van der Waals surface area (Å²) in [5.41, 5.74) is 1.12. The van der Waals surface area contributed by atoms with E-state index in [1.165, 1.54) is 0 Å². The highest BCUT2D eigenvalue weighted by Crippen LogP contribution is 2.26. The monoisotopic (exact) mass is 285 g/mol. The first-order chi connectivity index (χ1) is 8.75. The average molecular weight is 286 g/mol. The van der Waals surface area contributed by atoms with Gasteiger partial charge in [-0.3, -0.25) is 0 Å². The van der Waals surface area contributed by atoms with Crippen molar-refractivity contribution >= 4 is 23.2 Å². The van der Waals surface area contributed by atoms with Crippen LogP contribution in [0.25, 0.3) is 0 Å². The van der Waals surface area contributed by atoms with Crippen LogP contribution in [0.1, 0.15) is 5.56 Å². The number of ether oxygens (including phenoxy) is 1. The molecule has 0 fully saturated rings. The first kappa shape index (κ1) is 13.3. The summed E-state index contributed by atoms with van der Waals surface area (Å²) in [6.07, 6.45) is 3.37. The van der Waals surface area contributed by atoms with E-state index in [0.29, 0.717) is 16.7 Å². The molecule has 2 rings (SSSR count). The van der Waals surface area contributed by atoms with Crippen molar-refractivity contribution in [1.82, 2.24) is 5.32 Å². The first-order valence-corrected chi connectivity index (χ1v) is 6.31. The lowest BCUT2D eigenvalue weighted by atomic mass is 10.3. The van der Waals surface area contributed by atoms with Crippen molar-refractivity contribution in [3.05, 3.63) is 52.4 Å². The lowest BCUT2D eigenvalue weighted by molar-refractivity contribution is 0.313. The number of hydrogen-bond acceptors (Lipinski definition) is 3. The van der Waals surface area contributed by atoms with Crippen LogP contribution in [-0.2, 0) is 6.54 Å². The third kappa shape index (κ3) is 3.95. The first-order valence-electron chi connectivity index (χ1n) is 5.55. The van der Waals surface area contributed by atoms with Gasteiger partial charge in [-0.15, -0.1) is 0 Å². The Morgan fingerprint density at radius 2 is 2.06 bits per heavy atom. The third-order valence-corrected chi connectivity index (χ3v) is 3.09. The summed E-state index contributed by atoms with van der Waals surface area (Å²) < 4.78 is 10.5.